The lowest BCUT2D eigenvalue weighted by Crippen LogP contribution is -2.38. The largest absolute Gasteiger partial charge is 0.352 e. The number of aromatic nitrogens is 5. The fourth-order valence-corrected chi connectivity index (χ4v) is 3.59. The number of para-hydroxylation sites is 1. The van der Waals surface area contributed by atoms with Crippen LogP contribution in [0.4, 0.5) is 0 Å². The van der Waals surface area contributed by atoms with E-state index in [2.05, 4.69) is 26.8 Å². The van der Waals surface area contributed by atoms with Gasteiger partial charge in [-0.1, -0.05) is 37.5 Å². The third-order valence-electron chi connectivity index (χ3n) is 4.85. The number of tetrazole rings is 1. The molecule has 7 heteroatoms. The minimum atomic E-state index is -0.0474. The van der Waals surface area contributed by atoms with Crippen molar-refractivity contribution in [2.24, 2.45) is 7.05 Å². The summed E-state index contributed by atoms with van der Waals surface area (Å²) in [4.78, 5) is 13.6. The van der Waals surface area contributed by atoms with E-state index in [9.17, 15) is 4.79 Å². The Hall–Kier alpha value is -2.70. The third-order valence-corrected chi connectivity index (χ3v) is 4.85. The third kappa shape index (κ3) is 3.26. The van der Waals surface area contributed by atoms with Crippen molar-refractivity contribution in [3.05, 3.63) is 30.5 Å². The number of amides is 1. The van der Waals surface area contributed by atoms with Gasteiger partial charge < -0.3 is 9.88 Å². The van der Waals surface area contributed by atoms with E-state index >= 15 is 0 Å². The number of nitrogens with zero attached hydrogens (tertiary/aromatic N) is 5. The first-order valence-electron chi connectivity index (χ1n) is 8.82. The summed E-state index contributed by atoms with van der Waals surface area (Å²) < 4.78 is 2.04. The molecule has 2 aromatic heterocycles. The maximum Gasteiger partial charge on any atom is 0.243 e. The molecule has 0 aliphatic heterocycles. The Morgan fingerprint density at radius 3 is 2.88 bits per heavy atom. The van der Waals surface area contributed by atoms with Crippen LogP contribution in [0.2, 0.25) is 0 Å². The van der Waals surface area contributed by atoms with E-state index in [1.807, 2.05) is 36.0 Å². The van der Waals surface area contributed by atoms with Gasteiger partial charge in [-0.2, -0.15) is 4.80 Å². The molecule has 0 spiro atoms. The fraction of sp³-hybridized carbons (Fsp3) is 0.444. The number of benzene rings is 1. The molecule has 0 radical (unpaired) electrons. The highest BCUT2D eigenvalue weighted by atomic mass is 16.2. The maximum atomic E-state index is 12.2. The first-order valence-corrected chi connectivity index (χ1v) is 8.82. The Kier molecular flexibility index (Phi) is 4.21. The van der Waals surface area contributed by atoms with Crippen molar-refractivity contribution in [3.8, 4) is 11.4 Å². The smallest absolute Gasteiger partial charge is 0.243 e. The SMILES string of the molecule is Cn1cc(-c2nnn(CC(=O)NC3CCCCC3)n2)c2ccccc21. The van der Waals surface area contributed by atoms with Crippen molar-refractivity contribution in [1.29, 1.82) is 0 Å². The van der Waals surface area contributed by atoms with Crippen LogP contribution < -0.4 is 5.32 Å². The van der Waals surface area contributed by atoms with E-state index < -0.39 is 0 Å². The van der Waals surface area contributed by atoms with Gasteiger partial charge in [0.25, 0.3) is 0 Å². The number of aryl methyl sites for hydroxylation is 1. The summed E-state index contributed by atoms with van der Waals surface area (Å²) in [5.74, 6) is 0.496. The number of fused-ring (bicyclic) bond motifs is 1. The first-order chi connectivity index (χ1) is 12.2. The highest BCUT2D eigenvalue weighted by molar-refractivity contribution is 5.94. The van der Waals surface area contributed by atoms with Gasteiger partial charge in [0.2, 0.25) is 11.7 Å². The van der Waals surface area contributed by atoms with Gasteiger partial charge >= 0.3 is 0 Å². The van der Waals surface area contributed by atoms with Crippen molar-refractivity contribution in [2.45, 2.75) is 44.7 Å². The number of hydrogen-bond acceptors (Lipinski definition) is 4. The second-order valence-corrected chi connectivity index (χ2v) is 6.72. The summed E-state index contributed by atoms with van der Waals surface area (Å²) in [6, 6.07) is 8.39. The first kappa shape index (κ1) is 15.8. The molecule has 0 unspecified atom stereocenters. The topological polar surface area (TPSA) is 77.6 Å². The van der Waals surface area contributed by atoms with Crippen molar-refractivity contribution in [2.75, 3.05) is 0 Å². The lowest BCUT2D eigenvalue weighted by Gasteiger charge is -2.22. The normalized spacial score (nSPS) is 15.6. The Morgan fingerprint density at radius 1 is 1.24 bits per heavy atom. The van der Waals surface area contributed by atoms with Gasteiger partial charge in [-0.15, -0.1) is 10.2 Å². The van der Waals surface area contributed by atoms with Crippen LogP contribution in [-0.4, -0.2) is 36.7 Å². The molecule has 0 atom stereocenters. The van der Waals surface area contributed by atoms with Crippen LogP contribution in [0.3, 0.4) is 0 Å². The minimum absolute atomic E-state index is 0.0474. The predicted octanol–water partition coefficient (Wildman–Crippen LogP) is 2.28. The molecule has 1 saturated carbocycles. The van der Waals surface area contributed by atoms with Crippen molar-refractivity contribution in [1.82, 2.24) is 30.1 Å². The molecule has 1 N–H and O–H groups in total. The van der Waals surface area contributed by atoms with Gasteiger partial charge in [-0.05, 0) is 24.1 Å². The molecule has 0 bridgehead atoms. The average molecular weight is 338 g/mol. The second kappa shape index (κ2) is 6.66. The molecule has 1 fully saturated rings. The van der Waals surface area contributed by atoms with Gasteiger partial charge in [0.05, 0.1) is 0 Å². The Morgan fingerprint density at radius 2 is 2.04 bits per heavy atom. The minimum Gasteiger partial charge on any atom is -0.352 e. The van der Waals surface area contributed by atoms with Crippen LogP contribution in [-0.2, 0) is 18.4 Å². The molecule has 2 heterocycles. The number of rotatable bonds is 4. The zero-order valence-corrected chi connectivity index (χ0v) is 14.4. The molecular weight excluding hydrogens is 316 g/mol. The molecule has 1 aliphatic carbocycles. The molecular formula is C18H22N6O. The van der Waals surface area contributed by atoms with Gasteiger partial charge in [-0.3, -0.25) is 4.79 Å². The molecule has 7 nitrogen and oxygen atoms in total. The summed E-state index contributed by atoms with van der Waals surface area (Å²) >= 11 is 0. The lowest BCUT2D eigenvalue weighted by molar-refractivity contribution is -0.123. The second-order valence-electron chi connectivity index (χ2n) is 6.72. The van der Waals surface area contributed by atoms with Crippen LogP contribution in [0.15, 0.2) is 30.5 Å². The van der Waals surface area contributed by atoms with E-state index in [1.54, 1.807) is 0 Å². The van der Waals surface area contributed by atoms with Gasteiger partial charge in [-0.25, -0.2) is 0 Å². The Bertz CT molecular complexity index is 890. The van der Waals surface area contributed by atoms with E-state index in [4.69, 9.17) is 0 Å². The molecule has 1 aliphatic rings. The van der Waals surface area contributed by atoms with Crippen molar-refractivity contribution < 1.29 is 4.79 Å². The van der Waals surface area contributed by atoms with Gasteiger partial charge in [0.1, 0.15) is 6.54 Å². The highest BCUT2D eigenvalue weighted by Gasteiger charge is 2.18. The summed E-state index contributed by atoms with van der Waals surface area (Å²) in [5.41, 5.74) is 2.04. The monoisotopic (exact) mass is 338 g/mol. The van der Waals surface area contributed by atoms with E-state index in [0.717, 1.165) is 29.3 Å². The van der Waals surface area contributed by atoms with E-state index in [0.29, 0.717) is 11.9 Å². The predicted molar refractivity (Wildman–Crippen MR) is 94.7 cm³/mol. The van der Waals surface area contributed by atoms with Crippen LogP contribution >= 0.6 is 0 Å². The molecule has 130 valence electrons. The summed E-state index contributed by atoms with van der Waals surface area (Å²) in [6.07, 6.45) is 7.78. The number of nitrogens with one attached hydrogen (secondary N) is 1. The van der Waals surface area contributed by atoms with Crippen LogP contribution in [0.5, 0.6) is 0 Å². The average Bonchev–Trinajstić information content (AvgIpc) is 3.21. The van der Waals surface area contributed by atoms with Crippen LogP contribution in [0.25, 0.3) is 22.3 Å². The summed E-state index contributed by atoms with van der Waals surface area (Å²) in [7, 11) is 1.99. The van der Waals surface area contributed by atoms with E-state index in [1.165, 1.54) is 24.1 Å². The maximum absolute atomic E-state index is 12.2. The van der Waals surface area contributed by atoms with Crippen molar-refractivity contribution in [3.63, 3.8) is 0 Å². The summed E-state index contributed by atoms with van der Waals surface area (Å²) in [5, 5.41) is 16.7. The molecule has 4 rings (SSSR count). The molecule has 1 aromatic carbocycles. The molecule has 3 aromatic rings. The zero-order valence-electron chi connectivity index (χ0n) is 14.4. The van der Waals surface area contributed by atoms with Gasteiger partial charge in [0.15, 0.2) is 0 Å². The summed E-state index contributed by atoms with van der Waals surface area (Å²) in [6.45, 7) is 0.105. The highest BCUT2D eigenvalue weighted by Crippen LogP contribution is 2.27. The lowest BCUT2D eigenvalue weighted by atomic mass is 9.95. The van der Waals surface area contributed by atoms with Crippen LogP contribution in [0.1, 0.15) is 32.1 Å². The van der Waals surface area contributed by atoms with Gasteiger partial charge in [0, 0.05) is 35.8 Å². The molecule has 25 heavy (non-hydrogen) atoms. The molecule has 0 saturated heterocycles. The molecule has 1 amide bonds. The van der Waals surface area contributed by atoms with Crippen LogP contribution in [0, 0.1) is 0 Å². The number of hydrogen-bond donors (Lipinski definition) is 1. The zero-order chi connectivity index (χ0) is 17.2. The standard InChI is InChI=1S/C18H22N6O/c1-23-11-15(14-9-5-6-10-16(14)23)18-20-22-24(21-18)12-17(25)19-13-7-3-2-4-8-13/h5-6,9-11,13H,2-4,7-8,12H2,1H3,(H,19,25). The van der Waals surface area contributed by atoms with E-state index in [-0.39, 0.29) is 12.5 Å². The Labute approximate surface area is 146 Å². The van der Waals surface area contributed by atoms with Crippen molar-refractivity contribution >= 4 is 16.8 Å². The Balaban J connectivity index is 1.49. The quantitative estimate of drug-likeness (QED) is 0.792. The fourth-order valence-electron chi connectivity index (χ4n) is 3.59. The number of carbonyl (C=O) groups is 1. The number of carbonyl (C=O) groups excluding carboxylic acids is 1.